The first-order valence-corrected chi connectivity index (χ1v) is 3.77. The van der Waals surface area contributed by atoms with Crippen LogP contribution in [0.1, 0.15) is 17.6 Å². The number of hydrogen-bond donors (Lipinski definition) is 2. The third-order valence-corrected chi connectivity index (χ3v) is 1.79. The van der Waals surface area contributed by atoms with Crippen LogP contribution in [0.25, 0.3) is 0 Å². The van der Waals surface area contributed by atoms with Gasteiger partial charge < -0.3 is 11.5 Å². The van der Waals surface area contributed by atoms with Gasteiger partial charge in [0, 0.05) is 5.56 Å². The van der Waals surface area contributed by atoms with Gasteiger partial charge in [-0.15, -0.1) is 0 Å². The molecule has 15 heavy (non-hydrogen) atoms. The molecule has 0 fully saturated rings. The van der Waals surface area contributed by atoms with Crippen LogP contribution >= 0.6 is 0 Å². The highest BCUT2D eigenvalue weighted by Gasteiger charge is 2.34. The topological polar surface area (TPSA) is 52.0 Å². The summed E-state index contributed by atoms with van der Waals surface area (Å²) < 4.78 is 61.2. The molecular weight excluding hydrogens is 219 g/mol. The number of anilines is 2. The average Bonchev–Trinajstić information content (AvgIpc) is 2.06. The lowest BCUT2D eigenvalue weighted by molar-refractivity contribution is -0.137. The van der Waals surface area contributed by atoms with E-state index in [4.69, 9.17) is 11.5 Å². The van der Waals surface area contributed by atoms with E-state index in [-0.39, 0.29) is 0 Å². The van der Waals surface area contributed by atoms with Crippen molar-refractivity contribution in [2.75, 3.05) is 11.5 Å². The van der Waals surface area contributed by atoms with Crippen molar-refractivity contribution in [3.8, 4) is 0 Å². The molecule has 4 N–H and O–H groups in total. The van der Waals surface area contributed by atoms with Crippen LogP contribution in [0, 0.1) is 0 Å². The van der Waals surface area contributed by atoms with Gasteiger partial charge in [0.1, 0.15) is 0 Å². The van der Waals surface area contributed by atoms with Gasteiger partial charge in [-0.2, -0.15) is 13.2 Å². The van der Waals surface area contributed by atoms with Crippen LogP contribution in [0.5, 0.6) is 0 Å². The summed E-state index contributed by atoms with van der Waals surface area (Å²) in [6.07, 6.45) is -7.81. The molecule has 0 aliphatic rings. The van der Waals surface area contributed by atoms with E-state index in [9.17, 15) is 22.0 Å². The van der Waals surface area contributed by atoms with E-state index >= 15 is 0 Å². The Hall–Kier alpha value is -1.53. The molecule has 0 bridgehead atoms. The smallest absolute Gasteiger partial charge is 0.397 e. The maximum atomic E-state index is 12.3. The Morgan fingerprint density at radius 2 is 1.60 bits per heavy atom. The van der Waals surface area contributed by atoms with Gasteiger partial charge >= 0.3 is 6.18 Å². The maximum absolute atomic E-state index is 12.3. The lowest BCUT2D eigenvalue weighted by Gasteiger charge is -2.13. The fraction of sp³-hybridized carbons (Fsp3) is 0.250. The minimum Gasteiger partial charge on any atom is -0.397 e. The number of benzene rings is 1. The van der Waals surface area contributed by atoms with Gasteiger partial charge in [0.25, 0.3) is 6.43 Å². The molecular formula is C8H7F5N2. The summed E-state index contributed by atoms with van der Waals surface area (Å²) in [5.41, 5.74) is 6.78. The third kappa shape index (κ3) is 2.28. The SMILES string of the molecule is Nc1cc(C(F)F)cc(C(F)(F)F)c1N. The summed E-state index contributed by atoms with van der Waals surface area (Å²) >= 11 is 0. The van der Waals surface area contributed by atoms with Gasteiger partial charge in [-0.05, 0) is 12.1 Å². The second-order valence-electron chi connectivity index (χ2n) is 2.87. The normalized spacial score (nSPS) is 12.1. The molecule has 1 aromatic carbocycles. The zero-order chi connectivity index (χ0) is 11.8. The highest BCUT2D eigenvalue weighted by molar-refractivity contribution is 5.69. The number of hydrogen-bond acceptors (Lipinski definition) is 2. The van der Waals surface area contributed by atoms with E-state index in [1.54, 1.807) is 0 Å². The summed E-state index contributed by atoms with van der Waals surface area (Å²) in [4.78, 5) is 0. The monoisotopic (exact) mass is 226 g/mol. The van der Waals surface area contributed by atoms with Gasteiger partial charge in [0.2, 0.25) is 0 Å². The number of halogens is 5. The van der Waals surface area contributed by atoms with Gasteiger partial charge in [0.15, 0.2) is 0 Å². The summed E-state index contributed by atoms with van der Waals surface area (Å²) in [5.74, 6) is 0. The van der Waals surface area contributed by atoms with E-state index in [0.29, 0.717) is 6.07 Å². The van der Waals surface area contributed by atoms with Crippen LogP contribution in [0.3, 0.4) is 0 Å². The molecule has 0 amide bonds. The zero-order valence-electron chi connectivity index (χ0n) is 7.28. The molecule has 2 nitrogen and oxygen atoms in total. The van der Waals surface area contributed by atoms with E-state index in [2.05, 4.69) is 0 Å². The summed E-state index contributed by atoms with van der Waals surface area (Å²) in [6, 6.07) is 1.03. The largest absolute Gasteiger partial charge is 0.418 e. The first-order valence-electron chi connectivity index (χ1n) is 3.77. The Morgan fingerprint density at radius 1 is 1.07 bits per heavy atom. The second-order valence-corrected chi connectivity index (χ2v) is 2.87. The van der Waals surface area contributed by atoms with Crippen molar-refractivity contribution in [3.05, 3.63) is 23.3 Å². The molecule has 0 saturated carbocycles. The summed E-state index contributed by atoms with van der Waals surface area (Å²) in [6.45, 7) is 0. The minimum absolute atomic E-state index is 0.302. The molecule has 0 heterocycles. The number of nitrogen functional groups attached to an aromatic ring is 2. The Labute approximate surface area is 81.7 Å². The number of alkyl halides is 5. The Kier molecular flexibility index (Phi) is 2.74. The standard InChI is InChI=1S/C8H7F5N2/c9-7(10)3-1-4(8(11,12)13)6(15)5(14)2-3/h1-2,7H,14-15H2. The van der Waals surface area contributed by atoms with Gasteiger partial charge in [0.05, 0.1) is 16.9 Å². The number of nitrogens with two attached hydrogens (primary N) is 2. The Bertz CT molecular complexity index is 372. The van der Waals surface area contributed by atoms with E-state index < -0.39 is 35.1 Å². The molecule has 0 aliphatic carbocycles. The second kappa shape index (κ2) is 3.56. The van der Waals surface area contributed by atoms with Crippen LogP contribution < -0.4 is 11.5 Å². The Balaban J connectivity index is 3.38. The predicted octanol–water partition coefficient (Wildman–Crippen LogP) is 2.81. The fourth-order valence-corrected chi connectivity index (χ4v) is 1.06. The maximum Gasteiger partial charge on any atom is 0.418 e. The van der Waals surface area contributed by atoms with Crippen LogP contribution in [0.4, 0.5) is 33.3 Å². The van der Waals surface area contributed by atoms with Crippen molar-refractivity contribution in [3.63, 3.8) is 0 Å². The highest BCUT2D eigenvalue weighted by atomic mass is 19.4. The third-order valence-electron chi connectivity index (χ3n) is 1.79. The van der Waals surface area contributed by atoms with Crippen molar-refractivity contribution in [1.29, 1.82) is 0 Å². The van der Waals surface area contributed by atoms with Crippen LogP contribution in [-0.2, 0) is 6.18 Å². The molecule has 0 spiro atoms. The average molecular weight is 226 g/mol. The molecule has 0 aromatic heterocycles. The lowest BCUT2D eigenvalue weighted by Crippen LogP contribution is -2.11. The van der Waals surface area contributed by atoms with Gasteiger partial charge in [-0.3, -0.25) is 0 Å². The minimum atomic E-state index is -4.79. The van der Waals surface area contributed by atoms with Crippen molar-refractivity contribution in [1.82, 2.24) is 0 Å². The predicted molar refractivity (Wildman–Crippen MR) is 45.2 cm³/mol. The molecule has 84 valence electrons. The van der Waals surface area contributed by atoms with Crippen LogP contribution in [-0.4, -0.2) is 0 Å². The molecule has 0 saturated heterocycles. The lowest BCUT2D eigenvalue weighted by atomic mass is 10.1. The zero-order valence-corrected chi connectivity index (χ0v) is 7.28. The van der Waals surface area contributed by atoms with Crippen molar-refractivity contribution >= 4 is 11.4 Å². The van der Waals surface area contributed by atoms with Crippen molar-refractivity contribution in [2.45, 2.75) is 12.6 Å². The number of rotatable bonds is 1. The first kappa shape index (κ1) is 11.5. The van der Waals surface area contributed by atoms with Crippen molar-refractivity contribution < 1.29 is 22.0 Å². The van der Waals surface area contributed by atoms with E-state index in [1.165, 1.54) is 0 Å². The van der Waals surface area contributed by atoms with E-state index in [0.717, 1.165) is 6.07 Å². The first-order chi connectivity index (χ1) is 6.73. The molecule has 0 unspecified atom stereocenters. The molecule has 0 radical (unpaired) electrons. The molecule has 7 heteroatoms. The van der Waals surface area contributed by atoms with Crippen LogP contribution in [0.15, 0.2) is 12.1 Å². The van der Waals surface area contributed by atoms with Gasteiger partial charge in [-0.1, -0.05) is 0 Å². The van der Waals surface area contributed by atoms with E-state index in [1.807, 2.05) is 0 Å². The molecule has 1 rings (SSSR count). The fourth-order valence-electron chi connectivity index (χ4n) is 1.06. The molecule has 0 aliphatic heterocycles. The Morgan fingerprint density at radius 3 is 2.00 bits per heavy atom. The van der Waals surface area contributed by atoms with Crippen LogP contribution in [0.2, 0.25) is 0 Å². The summed E-state index contributed by atoms with van der Waals surface area (Å²) in [5, 5.41) is 0. The quantitative estimate of drug-likeness (QED) is 0.571. The molecule has 0 atom stereocenters. The highest BCUT2D eigenvalue weighted by Crippen LogP contribution is 2.38. The van der Waals surface area contributed by atoms with Gasteiger partial charge in [-0.25, -0.2) is 8.78 Å². The molecule has 1 aromatic rings. The van der Waals surface area contributed by atoms with Crippen molar-refractivity contribution in [2.24, 2.45) is 0 Å². The summed E-state index contributed by atoms with van der Waals surface area (Å²) in [7, 11) is 0.